The highest BCUT2D eigenvalue weighted by molar-refractivity contribution is 8.50. The van der Waals surface area contributed by atoms with Crippen LogP contribution in [0.4, 0.5) is 18.9 Å². The third kappa shape index (κ3) is 3.29. The van der Waals surface area contributed by atoms with Crippen LogP contribution < -0.4 is 0 Å². The molecule has 0 atom stereocenters. The van der Waals surface area contributed by atoms with Gasteiger partial charge in [-0.3, -0.25) is 0 Å². The van der Waals surface area contributed by atoms with Gasteiger partial charge in [0.15, 0.2) is 0 Å². The zero-order chi connectivity index (χ0) is 15.0. The van der Waals surface area contributed by atoms with E-state index in [9.17, 15) is 13.2 Å². The monoisotopic (exact) mass is 320 g/mol. The molecule has 108 valence electrons. The first-order valence-corrected chi connectivity index (χ1v) is 7.21. The fourth-order valence-electron chi connectivity index (χ4n) is 1.51. The fourth-order valence-corrected chi connectivity index (χ4v) is 4.10. The van der Waals surface area contributed by atoms with E-state index >= 15 is 0 Å². The third-order valence-electron chi connectivity index (χ3n) is 2.55. The molecule has 0 spiro atoms. The Morgan fingerprint density at radius 3 is 2.20 bits per heavy atom. The highest BCUT2D eigenvalue weighted by Gasteiger charge is 2.38. The SMILES string of the molecule is CC1(C)S/C(=N\c2ccc(C(F)(F)F)cc2)S/C1=N\O. The normalized spacial score (nSPS) is 22.6. The van der Waals surface area contributed by atoms with Gasteiger partial charge in [-0.1, -0.05) is 16.9 Å². The number of hydrogen-bond donors (Lipinski definition) is 1. The zero-order valence-electron chi connectivity index (χ0n) is 10.6. The molecule has 1 aliphatic heterocycles. The summed E-state index contributed by atoms with van der Waals surface area (Å²) < 4.78 is 37.6. The number of alkyl halides is 3. The lowest BCUT2D eigenvalue weighted by Gasteiger charge is -2.12. The Hall–Kier alpha value is -1.15. The molecule has 1 heterocycles. The molecular weight excluding hydrogens is 309 g/mol. The summed E-state index contributed by atoms with van der Waals surface area (Å²) in [4.78, 5) is 4.26. The maximum absolute atomic E-state index is 12.4. The van der Waals surface area contributed by atoms with E-state index in [1.807, 2.05) is 13.8 Å². The lowest BCUT2D eigenvalue weighted by atomic mass is 10.2. The number of benzene rings is 1. The summed E-state index contributed by atoms with van der Waals surface area (Å²) >= 11 is 2.62. The lowest BCUT2D eigenvalue weighted by molar-refractivity contribution is -0.137. The predicted molar refractivity (Wildman–Crippen MR) is 77.0 cm³/mol. The van der Waals surface area contributed by atoms with Crippen molar-refractivity contribution in [3.05, 3.63) is 29.8 Å². The molecule has 1 aliphatic rings. The summed E-state index contributed by atoms with van der Waals surface area (Å²) in [6.45, 7) is 3.77. The van der Waals surface area contributed by atoms with Crippen LogP contribution in [0.1, 0.15) is 19.4 Å². The van der Waals surface area contributed by atoms with Crippen LogP contribution in [0.5, 0.6) is 0 Å². The molecular formula is C12H11F3N2OS2. The van der Waals surface area contributed by atoms with Crippen molar-refractivity contribution in [2.45, 2.75) is 24.8 Å². The molecule has 0 unspecified atom stereocenters. The maximum Gasteiger partial charge on any atom is 0.416 e. The molecule has 0 saturated carbocycles. The number of nitrogens with zero attached hydrogens (tertiary/aromatic N) is 2. The van der Waals surface area contributed by atoms with Crippen LogP contribution in [0.25, 0.3) is 0 Å². The van der Waals surface area contributed by atoms with Crippen LogP contribution in [0, 0.1) is 0 Å². The third-order valence-corrected chi connectivity index (χ3v) is 5.20. The van der Waals surface area contributed by atoms with Gasteiger partial charge in [-0.2, -0.15) is 13.2 Å². The van der Waals surface area contributed by atoms with E-state index in [0.717, 1.165) is 12.1 Å². The molecule has 1 aromatic carbocycles. The number of thioether (sulfide) groups is 2. The van der Waals surface area contributed by atoms with Gasteiger partial charge in [0.05, 0.1) is 16.0 Å². The van der Waals surface area contributed by atoms with Crippen molar-refractivity contribution >= 4 is 38.6 Å². The Balaban J connectivity index is 2.21. The molecule has 1 aromatic rings. The van der Waals surface area contributed by atoms with Crippen LogP contribution in [0.15, 0.2) is 34.4 Å². The summed E-state index contributed by atoms with van der Waals surface area (Å²) in [5, 5.41) is 12.6. The van der Waals surface area contributed by atoms with E-state index in [1.54, 1.807) is 0 Å². The van der Waals surface area contributed by atoms with E-state index in [0.29, 0.717) is 15.1 Å². The summed E-state index contributed by atoms with van der Waals surface area (Å²) in [7, 11) is 0. The van der Waals surface area contributed by atoms with Crippen molar-refractivity contribution in [1.82, 2.24) is 0 Å². The van der Waals surface area contributed by atoms with E-state index in [1.165, 1.54) is 35.7 Å². The minimum absolute atomic E-state index is 0.385. The average Bonchev–Trinajstić information content (AvgIpc) is 2.63. The highest BCUT2D eigenvalue weighted by atomic mass is 32.2. The number of rotatable bonds is 1. The molecule has 0 bridgehead atoms. The van der Waals surface area contributed by atoms with Crippen molar-refractivity contribution in [3.8, 4) is 0 Å². The number of halogens is 3. The fraction of sp³-hybridized carbons (Fsp3) is 0.333. The van der Waals surface area contributed by atoms with Gasteiger partial charge in [-0.15, -0.1) is 0 Å². The quantitative estimate of drug-likeness (QED) is 0.600. The number of aliphatic imine (C=N–C) groups is 1. The van der Waals surface area contributed by atoms with Crippen LogP contribution >= 0.6 is 23.5 Å². The van der Waals surface area contributed by atoms with E-state index in [-0.39, 0.29) is 4.75 Å². The Labute approximate surface area is 122 Å². The lowest BCUT2D eigenvalue weighted by Crippen LogP contribution is -2.19. The predicted octanol–water partition coefficient (Wildman–Crippen LogP) is 4.74. The Morgan fingerprint density at radius 2 is 1.75 bits per heavy atom. The van der Waals surface area contributed by atoms with Gasteiger partial charge in [-0.25, -0.2) is 4.99 Å². The maximum atomic E-state index is 12.4. The highest BCUT2D eigenvalue weighted by Crippen LogP contribution is 2.44. The second kappa shape index (κ2) is 5.33. The molecule has 8 heteroatoms. The summed E-state index contributed by atoms with van der Waals surface area (Å²) in [5.74, 6) is 0. The molecule has 3 nitrogen and oxygen atoms in total. The molecule has 0 aliphatic carbocycles. The van der Waals surface area contributed by atoms with Crippen molar-refractivity contribution in [1.29, 1.82) is 0 Å². The van der Waals surface area contributed by atoms with Gasteiger partial charge in [0.1, 0.15) is 9.42 Å². The molecule has 1 N–H and O–H groups in total. The molecule has 1 fully saturated rings. The molecule has 2 rings (SSSR count). The smallest absolute Gasteiger partial charge is 0.410 e. The van der Waals surface area contributed by atoms with E-state index in [4.69, 9.17) is 5.21 Å². The second-order valence-electron chi connectivity index (χ2n) is 4.54. The summed E-state index contributed by atoms with van der Waals surface area (Å²) in [5.41, 5.74) is -0.269. The van der Waals surface area contributed by atoms with E-state index in [2.05, 4.69) is 10.1 Å². The van der Waals surface area contributed by atoms with E-state index < -0.39 is 11.7 Å². The van der Waals surface area contributed by atoms with Gasteiger partial charge < -0.3 is 5.21 Å². The molecule has 0 amide bonds. The molecule has 0 radical (unpaired) electrons. The first kappa shape index (κ1) is 15.2. The topological polar surface area (TPSA) is 45.0 Å². The zero-order valence-corrected chi connectivity index (χ0v) is 12.2. The first-order chi connectivity index (χ1) is 9.22. The average molecular weight is 320 g/mol. The summed E-state index contributed by atoms with van der Waals surface area (Å²) in [6, 6.07) is 4.63. The number of hydrogen-bond acceptors (Lipinski definition) is 5. The molecule has 20 heavy (non-hydrogen) atoms. The molecule has 0 aromatic heterocycles. The van der Waals surface area contributed by atoms with Crippen LogP contribution in [-0.2, 0) is 6.18 Å². The van der Waals surface area contributed by atoms with Gasteiger partial charge in [-0.05, 0) is 49.9 Å². The van der Waals surface area contributed by atoms with Gasteiger partial charge >= 0.3 is 6.18 Å². The van der Waals surface area contributed by atoms with Crippen LogP contribution in [0.2, 0.25) is 0 Å². The van der Waals surface area contributed by atoms with Crippen molar-refractivity contribution in [2.75, 3.05) is 0 Å². The van der Waals surface area contributed by atoms with Crippen LogP contribution in [0.3, 0.4) is 0 Å². The Kier molecular flexibility index (Phi) is 4.06. The standard InChI is InChI=1S/C12H11F3N2OS2/c1-11(2)9(17-18)19-10(20-11)16-8-5-3-7(4-6-8)12(13,14)15/h3-6,18H,1-2H3/b16-10-,17-9-. The second-order valence-corrected chi connectivity index (χ2v) is 7.39. The minimum Gasteiger partial charge on any atom is -0.410 e. The minimum atomic E-state index is -4.35. The van der Waals surface area contributed by atoms with Crippen molar-refractivity contribution < 1.29 is 18.4 Å². The van der Waals surface area contributed by atoms with Crippen molar-refractivity contribution in [2.24, 2.45) is 10.1 Å². The van der Waals surface area contributed by atoms with Gasteiger partial charge in [0.2, 0.25) is 0 Å². The van der Waals surface area contributed by atoms with Gasteiger partial charge in [0, 0.05) is 0 Å². The Bertz CT molecular complexity index is 565. The van der Waals surface area contributed by atoms with Crippen LogP contribution in [-0.4, -0.2) is 19.4 Å². The Morgan fingerprint density at radius 1 is 1.15 bits per heavy atom. The first-order valence-electron chi connectivity index (χ1n) is 5.58. The van der Waals surface area contributed by atoms with Crippen molar-refractivity contribution in [3.63, 3.8) is 0 Å². The number of oxime groups is 1. The molecule has 1 saturated heterocycles. The summed E-state index contributed by atoms with van der Waals surface area (Å²) in [6.07, 6.45) is -4.35. The largest absolute Gasteiger partial charge is 0.416 e. The van der Waals surface area contributed by atoms with Gasteiger partial charge in [0.25, 0.3) is 0 Å².